The van der Waals surface area contributed by atoms with Gasteiger partial charge in [0, 0.05) is 32.2 Å². The molecule has 0 radical (unpaired) electrons. The van der Waals surface area contributed by atoms with Crippen molar-refractivity contribution in [2.45, 2.75) is 18.9 Å². The number of nitrogens with zero attached hydrogens (tertiary/aromatic N) is 2. The van der Waals surface area contributed by atoms with Gasteiger partial charge in [-0.15, -0.1) is 0 Å². The molecule has 1 aromatic carbocycles. The SMILES string of the molecule is CCNC(=O)c1ccc(NC(=O)N2CCC3(CN(C)C(=O)O3)C2)cc1Cl. The fourth-order valence-corrected chi connectivity index (χ4v) is 3.52. The van der Waals surface area contributed by atoms with E-state index in [9.17, 15) is 14.4 Å². The Morgan fingerprint density at radius 3 is 2.73 bits per heavy atom. The Hall–Kier alpha value is -2.48. The second-order valence-electron chi connectivity index (χ2n) is 6.56. The van der Waals surface area contributed by atoms with Crippen LogP contribution >= 0.6 is 11.6 Å². The van der Waals surface area contributed by atoms with E-state index in [-0.39, 0.29) is 23.1 Å². The lowest BCUT2D eigenvalue weighted by Gasteiger charge is -2.22. The molecule has 8 nitrogen and oxygen atoms in total. The molecule has 26 heavy (non-hydrogen) atoms. The van der Waals surface area contributed by atoms with Gasteiger partial charge in [0.05, 0.1) is 23.7 Å². The predicted octanol–water partition coefficient (Wildman–Crippen LogP) is 2.15. The van der Waals surface area contributed by atoms with Crippen molar-refractivity contribution in [2.24, 2.45) is 0 Å². The molecule has 2 fully saturated rings. The largest absolute Gasteiger partial charge is 0.439 e. The molecule has 1 spiro atoms. The number of hydrogen-bond acceptors (Lipinski definition) is 4. The molecular formula is C17H21ClN4O4. The van der Waals surface area contributed by atoms with Crippen molar-refractivity contribution in [3.8, 4) is 0 Å². The molecule has 1 atom stereocenters. The number of ether oxygens (including phenoxy) is 1. The van der Waals surface area contributed by atoms with Crippen LogP contribution < -0.4 is 10.6 Å². The Morgan fingerprint density at radius 2 is 2.12 bits per heavy atom. The summed E-state index contributed by atoms with van der Waals surface area (Å²) in [5.41, 5.74) is 0.227. The number of benzene rings is 1. The molecule has 2 N–H and O–H groups in total. The fraction of sp³-hybridized carbons (Fsp3) is 0.471. The van der Waals surface area contributed by atoms with E-state index in [2.05, 4.69) is 10.6 Å². The van der Waals surface area contributed by atoms with Crippen molar-refractivity contribution >= 4 is 35.3 Å². The Morgan fingerprint density at radius 1 is 1.35 bits per heavy atom. The van der Waals surface area contributed by atoms with Crippen molar-refractivity contribution in [3.63, 3.8) is 0 Å². The third kappa shape index (κ3) is 3.55. The van der Waals surface area contributed by atoms with Crippen molar-refractivity contribution in [1.82, 2.24) is 15.1 Å². The molecule has 0 bridgehead atoms. The van der Waals surface area contributed by atoms with Gasteiger partial charge in [0.2, 0.25) is 0 Å². The number of carbonyl (C=O) groups is 3. The zero-order valence-corrected chi connectivity index (χ0v) is 15.4. The molecule has 3 rings (SSSR count). The van der Waals surface area contributed by atoms with E-state index in [0.717, 1.165) is 0 Å². The van der Waals surface area contributed by atoms with Crippen LogP contribution in [0.3, 0.4) is 0 Å². The molecule has 2 aliphatic heterocycles. The van der Waals surface area contributed by atoms with Crippen LogP contribution in [-0.4, -0.2) is 66.7 Å². The summed E-state index contributed by atoms with van der Waals surface area (Å²) >= 11 is 6.14. The summed E-state index contributed by atoms with van der Waals surface area (Å²) in [6, 6.07) is 4.44. The van der Waals surface area contributed by atoms with E-state index in [4.69, 9.17) is 16.3 Å². The van der Waals surface area contributed by atoms with Crippen molar-refractivity contribution in [2.75, 3.05) is 38.5 Å². The van der Waals surface area contributed by atoms with Crippen molar-refractivity contribution in [1.29, 1.82) is 0 Å². The molecule has 4 amide bonds. The zero-order valence-electron chi connectivity index (χ0n) is 14.7. The summed E-state index contributed by atoms with van der Waals surface area (Å²) in [5.74, 6) is -0.260. The van der Waals surface area contributed by atoms with Gasteiger partial charge in [-0.1, -0.05) is 11.6 Å². The Labute approximate surface area is 156 Å². The molecule has 0 saturated carbocycles. The van der Waals surface area contributed by atoms with E-state index >= 15 is 0 Å². The van der Waals surface area contributed by atoms with E-state index in [1.54, 1.807) is 30.1 Å². The number of carbonyl (C=O) groups excluding carboxylic acids is 3. The quantitative estimate of drug-likeness (QED) is 0.840. The van der Waals surface area contributed by atoms with Gasteiger partial charge in [0.25, 0.3) is 5.91 Å². The van der Waals surface area contributed by atoms with Gasteiger partial charge in [-0.2, -0.15) is 0 Å². The molecular weight excluding hydrogens is 360 g/mol. The third-order valence-electron chi connectivity index (χ3n) is 4.55. The summed E-state index contributed by atoms with van der Waals surface area (Å²) < 4.78 is 5.44. The maximum atomic E-state index is 12.5. The average molecular weight is 381 g/mol. The van der Waals surface area contributed by atoms with Gasteiger partial charge >= 0.3 is 12.1 Å². The number of anilines is 1. The van der Waals surface area contributed by atoms with Gasteiger partial charge < -0.3 is 25.2 Å². The van der Waals surface area contributed by atoms with Crippen molar-refractivity contribution in [3.05, 3.63) is 28.8 Å². The maximum Gasteiger partial charge on any atom is 0.410 e. The maximum absolute atomic E-state index is 12.5. The number of nitrogens with one attached hydrogen (secondary N) is 2. The monoisotopic (exact) mass is 380 g/mol. The smallest absolute Gasteiger partial charge is 0.410 e. The summed E-state index contributed by atoms with van der Waals surface area (Å²) in [6.45, 7) is 3.65. The number of halogens is 1. The predicted molar refractivity (Wildman–Crippen MR) is 96.5 cm³/mol. The number of likely N-dealkylation sites (tertiary alicyclic amines) is 1. The second kappa shape index (κ2) is 7.03. The van der Waals surface area contributed by atoms with Crippen LogP contribution in [0.2, 0.25) is 5.02 Å². The first-order valence-corrected chi connectivity index (χ1v) is 8.79. The first-order valence-electron chi connectivity index (χ1n) is 8.41. The number of urea groups is 1. The van der Waals surface area contributed by atoms with E-state index in [0.29, 0.717) is 43.9 Å². The highest BCUT2D eigenvalue weighted by Gasteiger charge is 2.49. The highest BCUT2D eigenvalue weighted by Crippen LogP contribution is 2.32. The highest BCUT2D eigenvalue weighted by molar-refractivity contribution is 6.34. The van der Waals surface area contributed by atoms with E-state index < -0.39 is 5.60 Å². The number of amides is 4. The Bertz CT molecular complexity index is 756. The van der Waals surface area contributed by atoms with E-state index in [1.165, 1.54) is 4.90 Å². The number of rotatable bonds is 3. The summed E-state index contributed by atoms with van der Waals surface area (Å²) in [6.07, 6.45) is 0.243. The van der Waals surface area contributed by atoms with Crippen LogP contribution in [0.15, 0.2) is 18.2 Å². The minimum Gasteiger partial charge on any atom is -0.439 e. The van der Waals surface area contributed by atoms with Crippen LogP contribution in [-0.2, 0) is 4.74 Å². The standard InChI is InChI=1S/C17H21ClN4O4/c1-3-19-14(23)12-5-4-11(8-13(12)18)20-15(24)22-7-6-17(10-22)9-21(2)16(25)26-17/h4-5,8H,3,6-7,9-10H2,1-2H3,(H,19,23)(H,20,24). The van der Waals surface area contributed by atoms with Crippen LogP contribution in [0.4, 0.5) is 15.3 Å². The molecule has 1 unspecified atom stereocenters. The molecule has 1 aromatic rings. The lowest BCUT2D eigenvalue weighted by atomic mass is 10.0. The molecule has 140 valence electrons. The Kier molecular flexibility index (Phi) is 4.95. The number of likely N-dealkylation sites (N-methyl/N-ethyl adjacent to an activating group) is 1. The highest BCUT2D eigenvalue weighted by atomic mass is 35.5. The van der Waals surface area contributed by atoms with Crippen LogP contribution in [0.25, 0.3) is 0 Å². The molecule has 2 heterocycles. The second-order valence-corrected chi connectivity index (χ2v) is 6.97. The van der Waals surface area contributed by atoms with Gasteiger partial charge in [0.1, 0.15) is 0 Å². The molecule has 9 heteroatoms. The third-order valence-corrected chi connectivity index (χ3v) is 4.86. The Balaban J connectivity index is 1.63. The summed E-state index contributed by atoms with van der Waals surface area (Å²) in [7, 11) is 1.68. The minimum absolute atomic E-state index is 0.260. The average Bonchev–Trinajstić information content (AvgIpc) is 3.10. The first kappa shape index (κ1) is 18.3. The first-order chi connectivity index (χ1) is 12.3. The van der Waals surface area contributed by atoms with Crippen LogP contribution in [0, 0.1) is 0 Å². The summed E-state index contributed by atoms with van der Waals surface area (Å²) in [5, 5.41) is 5.71. The fourth-order valence-electron chi connectivity index (χ4n) is 3.26. The van der Waals surface area contributed by atoms with Gasteiger partial charge in [-0.05, 0) is 25.1 Å². The summed E-state index contributed by atoms with van der Waals surface area (Å²) in [4.78, 5) is 39.1. The topological polar surface area (TPSA) is 91.0 Å². The minimum atomic E-state index is -0.622. The van der Waals surface area contributed by atoms with Crippen LogP contribution in [0.5, 0.6) is 0 Å². The molecule has 0 aliphatic carbocycles. The lowest BCUT2D eigenvalue weighted by molar-refractivity contribution is 0.0662. The molecule has 0 aromatic heterocycles. The normalized spacial score (nSPS) is 21.9. The van der Waals surface area contributed by atoms with E-state index in [1.807, 2.05) is 6.92 Å². The molecule has 2 saturated heterocycles. The zero-order chi connectivity index (χ0) is 18.9. The number of hydrogen-bond donors (Lipinski definition) is 2. The van der Waals surface area contributed by atoms with Gasteiger partial charge in [0.15, 0.2) is 5.60 Å². The lowest BCUT2D eigenvalue weighted by Crippen LogP contribution is -2.40. The van der Waals surface area contributed by atoms with Gasteiger partial charge in [-0.3, -0.25) is 4.79 Å². The van der Waals surface area contributed by atoms with Crippen LogP contribution in [0.1, 0.15) is 23.7 Å². The van der Waals surface area contributed by atoms with Crippen molar-refractivity contribution < 1.29 is 19.1 Å². The van der Waals surface area contributed by atoms with Gasteiger partial charge in [-0.25, -0.2) is 9.59 Å². The molecule has 2 aliphatic rings.